The van der Waals surface area contributed by atoms with Crippen molar-refractivity contribution in [3.05, 3.63) is 0 Å². The Labute approximate surface area is 68.5 Å². The van der Waals surface area contributed by atoms with Crippen LogP contribution in [0.4, 0.5) is 0 Å². The maximum absolute atomic E-state index is 5.49. The van der Waals surface area contributed by atoms with Crippen LogP contribution < -0.4 is 0 Å². The highest BCUT2D eigenvalue weighted by atomic mass is 16.5. The van der Waals surface area contributed by atoms with Gasteiger partial charge < -0.3 is 4.74 Å². The van der Waals surface area contributed by atoms with Crippen LogP contribution >= 0.6 is 0 Å². The number of ether oxygens (including phenoxy) is 1. The third-order valence-electron chi connectivity index (χ3n) is 2.89. The molecule has 0 radical (unpaired) electrons. The number of rotatable bonds is 1. The Morgan fingerprint density at radius 2 is 2.18 bits per heavy atom. The van der Waals surface area contributed by atoms with Gasteiger partial charge in [-0.3, -0.25) is 4.90 Å². The molecule has 3 heterocycles. The van der Waals surface area contributed by atoms with E-state index in [9.17, 15) is 0 Å². The molecule has 0 aromatic carbocycles. The Bertz CT molecular complexity index is 130. The van der Waals surface area contributed by atoms with Gasteiger partial charge in [0.2, 0.25) is 0 Å². The first-order chi connectivity index (χ1) is 5.29. The van der Waals surface area contributed by atoms with Crippen molar-refractivity contribution in [2.45, 2.75) is 44.8 Å². The van der Waals surface area contributed by atoms with E-state index >= 15 is 0 Å². The molecule has 64 valence electrons. The predicted molar refractivity (Wildman–Crippen MR) is 44.6 cm³/mol. The molecule has 2 atom stereocenters. The summed E-state index contributed by atoms with van der Waals surface area (Å²) >= 11 is 0. The van der Waals surface area contributed by atoms with Crippen molar-refractivity contribution in [3.63, 3.8) is 0 Å². The van der Waals surface area contributed by atoms with E-state index in [0.717, 1.165) is 25.3 Å². The summed E-state index contributed by atoms with van der Waals surface area (Å²) in [5, 5.41) is 0. The lowest BCUT2D eigenvalue weighted by Gasteiger charge is -2.49. The number of nitrogens with zero attached hydrogens (tertiary/aromatic N) is 1. The van der Waals surface area contributed by atoms with Gasteiger partial charge in [0.1, 0.15) is 0 Å². The van der Waals surface area contributed by atoms with E-state index in [1.54, 1.807) is 0 Å². The fraction of sp³-hybridized carbons (Fsp3) is 1.00. The topological polar surface area (TPSA) is 12.5 Å². The molecule has 3 saturated heterocycles. The highest BCUT2D eigenvalue weighted by molar-refractivity contribution is 4.95. The number of hydrogen-bond donors (Lipinski definition) is 0. The molecule has 0 spiro atoms. The molecule has 3 rings (SSSR count). The van der Waals surface area contributed by atoms with Crippen LogP contribution in [-0.4, -0.2) is 36.2 Å². The molecule has 0 saturated carbocycles. The van der Waals surface area contributed by atoms with Gasteiger partial charge in [-0.2, -0.15) is 0 Å². The zero-order valence-electron chi connectivity index (χ0n) is 7.42. The lowest BCUT2D eigenvalue weighted by Crippen LogP contribution is -2.58. The predicted octanol–water partition coefficient (Wildman–Crippen LogP) is 1.26. The van der Waals surface area contributed by atoms with Crippen LogP contribution in [0, 0.1) is 0 Å². The van der Waals surface area contributed by atoms with Gasteiger partial charge in [-0.05, 0) is 26.7 Å². The summed E-state index contributed by atoms with van der Waals surface area (Å²) in [5.74, 6) is 0. The van der Waals surface area contributed by atoms with E-state index in [1.165, 1.54) is 12.8 Å². The molecule has 2 bridgehead atoms. The lowest BCUT2D eigenvalue weighted by atomic mass is 9.90. The summed E-state index contributed by atoms with van der Waals surface area (Å²) in [4.78, 5) is 2.60. The van der Waals surface area contributed by atoms with Crippen LogP contribution in [0.5, 0.6) is 0 Å². The zero-order valence-corrected chi connectivity index (χ0v) is 7.42. The molecule has 11 heavy (non-hydrogen) atoms. The van der Waals surface area contributed by atoms with Gasteiger partial charge in [0.15, 0.2) is 0 Å². The van der Waals surface area contributed by atoms with E-state index in [-0.39, 0.29) is 0 Å². The molecule has 0 N–H and O–H groups in total. The van der Waals surface area contributed by atoms with Gasteiger partial charge in [-0.15, -0.1) is 0 Å². The van der Waals surface area contributed by atoms with Crippen LogP contribution in [0.15, 0.2) is 0 Å². The minimum absolute atomic E-state index is 0.709. The molecular formula is C9H17NO. The minimum atomic E-state index is 0.709. The Hall–Kier alpha value is -0.0800. The van der Waals surface area contributed by atoms with Gasteiger partial charge in [-0.1, -0.05) is 0 Å². The van der Waals surface area contributed by atoms with Gasteiger partial charge in [0, 0.05) is 24.7 Å². The number of fused-ring (bicyclic) bond motifs is 3. The van der Waals surface area contributed by atoms with Crippen molar-refractivity contribution in [3.8, 4) is 0 Å². The van der Waals surface area contributed by atoms with Crippen molar-refractivity contribution >= 4 is 0 Å². The van der Waals surface area contributed by atoms with Crippen LogP contribution in [0.2, 0.25) is 0 Å². The second kappa shape index (κ2) is 2.76. The summed E-state index contributed by atoms with van der Waals surface area (Å²) in [7, 11) is 0. The Kier molecular flexibility index (Phi) is 1.90. The fourth-order valence-corrected chi connectivity index (χ4v) is 2.42. The lowest BCUT2D eigenvalue weighted by molar-refractivity contribution is -0.0188. The van der Waals surface area contributed by atoms with Crippen LogP contribution in [-0.2, 0) is 4.74 Å². The molecule has 0 aromatic rings. The SMILES string of the molecule is CC(C)N1C2CCOCC1C2. The molecule has 3 aliphatic rings. The second-order valence-electron chi connectivity index (χ2n) is 3.95. The normalized spacial score (nSPS) is 38.5. The van der Waals surface area contributed by atoms with Crippen LogP contribution in [0.1, 0.15) is 26.7 Å². The molecule has 0 aromatic heterocycles. The van der Waals surface area contributed by atoms with E-state index in [1.807, 2.05) is 0 Å². The Balaban J connectivity index is 2.01. The number of hydrogen-bond acceptors (Lipinski definition) is 2. The molecule has 0 amide bonds. The quantitative estimate of drug-likeness (QED) is 0.565. The third kappa shape index (κ3) is 1.18. The average molecular weight is 155 g/mol. The molecule has 2 heteroatoms. The molecule has 3 aliphatic heterocycles. The second-order valence-corrected chi connectivity index (χ2v) is 3.95. The first-order valence-corrected chi connectivity index (χ1v) is 4.64. The van der Waals surface area contributed by atoms with Crippen LogP contribution in [0.3, 0.4) is 0 Å². The fourth-order valence-electron chi connectivity index (χ4n) is 2.42. The highest BCUT2D eigenvalue weighted by Gasteiger charge is 2.41. The van der Waals surface area contributed by atoms with Gasteiger partial charge in [0.25, 0.3) is 0 Å². The maximum atomic E-state index is 5.49. The van der Waals surface area contributed by atoms with Crippen molar-refractivity contribution in [1.82, 2.24) is 4.90 Å². The monoisotopic (exact) mass is 155 g/mol. The first-order valence-electron chi connectivity index (χ1n) is 4.64. The van der Waals surface area contributed by atoms with Gasteiger partial charge >= 0.3 is 0 Å². The average Bonchev–Trinajstić information content (AvgIpc) is 2.15. The van der Waals surface area contributed by atoms with Gasteiger partial charge in [-0.25, -0.2) is 0 Å². The van der Waals surface area contributed by atoms with E-state index < -0.39 is 0 Å². The van der Waals surface area contributed by atoms with Gasteiger partial charge in [0.05, 0.1) is 6.61 Å². The molecule has 2 unspecified atom stereocenters. The standard InChI is InChI=1S/C9H17NO/c1-7(2)10-8-3-4-11-6-9(10)5-8/h7-9H,3-6H2,1-2H3. The Morgan fingerprint density at radius 1 is 1.36 bits per heavy atom. The summed E-state index contributed by atoms with van der Waals surface area (Å²) in [6.07, 6.45) is 2.62. The third-order valence-corrected chi connectivity index (χ3v) is 2.89. The zero-order chi connectivity index (χ0) is 7.84. The molecule has 0 aliphatic carbocycles. The highest BCUT2D eigenvalue weighted by Crippen LogP contribution is 2.32. The summed E-state index contributed by atoms with van der Waals surface area (Å²) in [5.41, 5.74) is 0. The van der Waals surface area contributed by atoms with Crippen molar-refractivity contribution in [2.24, 2.45) is 0 Å². The largest absolute Gasteiger partial charge is 0.380 e. The molecule has 3 fully saturated rings. The summed E-state index contributed by atoms with van der Waals surface area (Å²) in [6, 6.07) is 2.28. The van der Waals surface area contributed by atoms with Crippen molar-refractivity contribution in [2.75, 3.05) is 13.2 Å². The van der Waals surface area contributed by atoms with Crippen molar-refractivity contribution in [1.29, 1.82) is 0 Å². The summed E-state index contributed by atoms with van der Waals surface area (Å²) in [6.45, 7) is 6.51. The van der Waals surface area contributed by atoms with E-state index in [2.05, 4.69) is 18.7 Å². The van der Waals surface area contributed by atoms with Crippen LogP contribution in [0.25, 0.3) is 0 Å². The Morgan fingerprint density at radius 3 is 2.91 bits per heavy atom. The minimum Gasteiger partial charge on any atom is -0.380 e. The van der Waals surface area contributed by atoms with E-state index in [0.29, 0.717) is 6.04 Å². The molecular weight excluding hydrogens is 138 g/mol. The first kappa shape index (κ1) is 7.56. The smallest absolute Gasteiger partial charge is 0.0622 e. The maximum Gasteiger partial charge on any atom is 0.0622 e. The summed E-state index contributed by atoms with van der Waals surface area (Å²) < 4.78 is 5.49. The molecule has 2 nitrogen and oxygen atoms in total. The van der Waals surface area contributed by atoms with E-state index in [4.69, 9.17) is 4.74 Å². The van der Waals surface area contributed by atoms with Crippen molar-refractivity contribution < 1.29 is 4.74 Å².